The Morgan fingerprint density at radius 1 is 1.07 bits per heavy atom. The molecule has 0 atom stereocenters. The van der Waals surface area contributed by atoms with Crippen LogP contribution in [0.2, 0.25) is 0 Å². The molecule has 0 aliphatic heterocycles. The Morgan fingerprint density at radius 2 is 1.85 bits per heavy atom. The van der Waals surface area contributed by atoms with E-state index in [4.69, 9.17) is 14.2 Å². The smallest absolute Gasteiger partial charge is 0.353 e. The second-order valence-electron chi connectivity index (χ2n) is 5.35. The van der Waals surface area contributed by atoms with Crippen LogP contribution in [0, 0.1) is 0 Å². The second-order valence-corrected chi connectivity index (χ2v) is 7.28. The van der Waals surface area contributed by atoms with Crippen LogP contribution in [0.1, 0.15) is 20.0 Å². The Labute approximate surface area is 166 Å². The molecule has 8 heteroatoms. The molecule has 3 aromatic rings. The van der Waals surface area contributed by atoms with Gasteiger partial charge in [0.05, 0.1) is 25.2 Å². The molecule has 0 radical (unpaired) electrons. The fourth-order valence-electron chi connectivity index (χ4n) is 2.54. The standard InChI is InChI=1S/C19H13BrO6S/c1-24-13-6-4-10-7-15(27-19(23)16(10)17(13)25-2)18(22)26-14-8-12(20)5-3-11(14)9-21/h3-9H,1-2H3. The largest absolute Gasteiger partial charge is 0.493 e. The highest BCUT2D eigenvalue weighted by atomic mass is 79.9. The molecule has 0 amide bonds. The van der Waals surface area contributed by atoms with Crippen LogP contribution in [-0.4, -0.2) is 26.5 Å². The van der Waals surface area contributed by atoms with Gasteiger partial charge in [-0.25, -0.2) is 4.79 Å². The second kappa shape index (κ2) is 7.89. The molecule has 0 spiro atoms. The number of fused-ring (bicyclic) bond motifs is 1. The van der Waals surface area contributed by atoms with Gasteiger partial charge in [-0.1, -0.05) is 33.3 Å². The van der Waals surface area contributed by atoms with Crippen LogP contribution in [-0.2, 0) is 0 Å². The fourth-order valence-corrected chi connectivity index (χ4v) is 3.70. The van der Waals surface area contributed by atoms with Crippen molar-refractivity contribution in [2.75, 3.05) is 14.2 Å². The van der Waals surface area contributed by atoms with Crippen molar-refractivity contribution in [1.82, 2.24) is 0 Å². The Balaban J connectivity index is 2.05. The number of benzene rings is 2. The van der Waals surface area contributed by atoms with Crippen LogP contribution >= 0.6 is 27.3 Å². The first-order valence-corrected chi connectivity index (χ1v) is 9.25. The van der Waals surface area contributed by atoms with Gasteiger partial charge in [-0.15, -0.1) is 0 Å². The first-order valence-electron chi connectivity index (χ1n) is 7.64. The number of hydrogen-bond acceptors (Lipinski definition) is 7. The SMILES string of the molecule is COc1ccc2cc(C(=O)Oc3cc(Br)ccc3C=O)sc(=O)c2c1OC. The first kappa shape index (κ1) is 19.1. The summed E-state index contributed by atoms with van der Waals surface area (Å²) >= 11 is 4.00. The Kier molecular flexibility index (Phi) is 5.57. The zero-order valence-electron chi connectivity index (χ0n) is 14.3. The lowest BCUT2D eigenvalue weighted by Crippen LogP contribution is -2.11. The number of aldehydes is 1. The van der Waals surface area contributed by atoms with Crippen LogP contribution < -0.4 is 19.0 Å². The molecule has 0 aliphatic carbocycles. The van der Waals surface area contributed by atoms with Gasteiger partial charge < -0.3 is 14.2 Å². The van der Waals surface area contributed by atoms with Gasteiger partial charge in [-0.05, 0) is 35.7 Å². The van der Waals surface area contributed by atoms with Gasteiger partial charge in [0.2, 0.25) is 4.74 Å². The molecule has 1 aromatic heterocycles. The van der Waals surface area contributed by atoms with Crippen LogP contribution in [0.3, 0.4) is 0 Å². The summed E-state index contributed by atoms with van der Waals surface area (Å²) in [5.41, 5.74) is 0.228. The average Bonchev–Trinajstić information content (AvgIpc) is 2.67. The van der Waals surface area contributed by atoms with Crippen molar-refractivity contribution in [3.8, 4) is 17.2 Å². The van der Waals surface area contributed by atoms with Crippen molar-refractivity contribution in [2.24, 2.45) is 0 Å². The van der Waals surface area contributed by atoms with E-state index in [1.807, 2.05) is 0 Å². The van der Waals surface area contributed by atoms with Crippen LogP contribution in [0.5, 0.6) is 17.2 Å². The van der Waals surface area contributed by atoms with E-state index >= 15 is 0 Å². The summed E-state index contributed by atoms with van der Waals surface area (Å²) in [5.74, 6) is 0.118. The molecular weight excluding hydrogens is 436 g/mol. The van der Waals surface area contributed by atoms with Crippen molar-refractivity contribution < 1.29 is 23.8 Å². The van der Waals surface area contributed by atoms with E-state index in [0.29, 0.717) is 33.0 Å². The zero-order chi connectivity index (χ0) is 19.6. The minimum absolute atomic E-state index is 0.108. The lowest BCUT2D eigenvalue weighted by Gasteiger charge is -2.11. The third-order valence-corrected chi connectivity index (χ3v) is 5.16. The maximum absolute atomic E-state index is 12.6. The molecule has 0 aliphatic rings. The van der Waals surface area contributed by atoms with Gasteiger partial charge in [0, 0.05) is 4.47 Å². The minimum Gasteiger partial charge on any atom is -0.493 e. The molecule has 27 heavy (non-hydrogen) atoms. The zero-order valence-corrected chi connectivity index (χ0v) is 16.7. The maximum atomic E-state index is 12.6. The maximum Gasteiger partial charge on any atom is 0.353 e. The van der Waals surface area contributed by atoms with Gasteiger partial charge >= 0.3 is 5.97 Å². The molecule has 0 bridgehead atoms. The Bertz CT molecular complexity index is 1110. The molecule has 0 fully saturated rings. The molecular formula is C19H13BrO6S. The molecule has 0 N–H and O–H groups in total. The van der Waals surface area contributed by atoms with Crippen LogP contribution in [0.15, 0.2) is 45.7 Å². The summed E-state index contributed by atoms with van der Waals surface area (Å²) in [5, 5.41) is 0.850. The lowest BCUT2D eigenvalue weighted by atomic mass is 10.1. The van der Waals surface area contributed by atoms with Crippen molar-refractivity contribution in [1.29, 1.82) is 0 Å². The number of halogens is 1. The number of ether oxygens (including phenoxy) is 3. The third-order valence-electron chi connectivity index (χ3n) is 3.78. The van der Waals surface area contributed by atoms with Crippen LogP contribution in [0.25, 0.3) is 10.8 Å². The van der Waals surface area contributed by atoms with Gasteiger partial charge in [-0.2, -0.15) is 0 Å². The summed E-state index contributed by atoms with van der Waals surface area (Å²) in [6, 6.07) is 9.56. The molecule has 2 aromatic carbocycles. The van der Waals surface area contributed by atoms with Gasteiger partial charge in [0.1, 0.15) is 10.6 Å². The quantitative estimate of drug-likeness (QED) is 0.332. The first-order chi connectivity index (χ1) is 13.0. The van der Waals surface area contributed by atoms with Crippen molar-refractivity contribution >= 4 is 50.3 Å². The van der Waals surface area contributed by atoms with Crippen molar-refractivity contribution in [3.05, 3.63) is 60.8 Å². The molecule has 0 saturated carbocycles. The minimum atomic E-state index is -0.727. The van der Waals surface area contributed by atoms with E-state index in [-0.39, 0.29) is 20.9 Å². The number of carbonyl (C=O) groups is 2. The number of rotatable bonds is 5. The summed E-state index contributed by atoms with van der Waals surface area (Å²) in [7, 11) is 2.92. The summed E-state index contributed by atoms with van der Waals surface area (Å²) < 4.78 is 16.1. The van der Waals surface area contributed by atoms with E-state index in [1.165, 1.54) is 26.4 Å². The van der Waals surface area contributed by atoms with Crippen LogP contribution in [0.4, 0.5) is 0 Å². The highest BCUT2D eigenvalue weighted by molar-refractivity contribution is 9.10. The predicted molar refractivity (Wildman–Crippen MR) is 106 cm³/mol. The Hall–Kier alpha value is -2.71. The normalized spacial score (nSPS) is 10.5. The topological polar surface area (TPSA) is 78.9 Å². The predicted octanol–water partition coefficient (Wildman–Crippen LogP) is 4.07. The summed E-state index contributed by atoms with van der Waals surface area (Å²) in [6.07, 6.45) is 0.592. The molecule has 0 saturated heterocycles. The van der Waals surface area contributed by atoms with E-state index in [9.17, 15) is 14.4 Å². The van der Waals surface area contributed by atoms with Gasteiger partial charge in [-0.3, -0.25) is 9.59 Å². The molecule has 0 unspecified atom stereocenters. The molecule has 3 rings (SSSR count). The Morgan fingerprint density at radius 3 is 2.52 bits per heavy atom. The monoisotopic (exact) mass is 448 g/mol. The molecule has 6 nitrogen and oxygen atoms in total. The summed E-state index contributed by atoms with van der Waals surface area (Å²) in [4.78, 5) is 36.4. The molecule has 1 heterocycles. The average molecular weight is 449 g/mol. The van der Waals surface area contributed by atoms with E-state index < -0.39 is 5.97 Å². The van der Waals surface area contributed by atoms with E-state index in [2.05, 4.69) is 15.9 Å². The van der Waals surface area contributed by atoms with Gasteiger partial charge in [0.25, 0.3) is 0 Å². The van der Waals surface area contributed by atoms with E-state index in [1.54, 1.807) is 24.3 Å². The third kappa shape index (κ3) is 3.72. The number of hydrogen-bond donors (Lipinski definition) is 0. The highest BCUT2D eigenvalue weighted by Crippen LogP contribution is 2.34. The number of methoxy groups -OCH3 is 2. The molecule has 138 valence electrons. The van der Waals surface area contributed by atoms with Crippen molar-refractivity contribution in [2.45, 2.75) is 0 Å². The highest BCUT2D eigenvalue weighted by Gasteiger charge is 2.18. The number of esters is 1. The fraction of sp³-hybridized carbons (Fsp3) is 0.105. The summed E-state index contributed by atoms with van der Waals surface area (Å²) in [6.45, 7) is 0. The van der Waals surface area contributed by atoms with Crippen molar-refractivity contribution in [3.63, 3.8) is 0 Å². The lowest BCUT2D eigenvalue weighted by molar-refractivity contribution is 0.0738. The van der Waals surface area contributed by atoms with E-state index in [0.717, 1.165) is 11.3 Å². The van der Waals surface area contributed by atoms with Gasteiger partial charge in [0.15, 0.2) is 17.8 Å². The number of carbonyl (C=O) groups excluding carboxylic acids is 2.